The minimum atomic E-state index is -0.441. The Morgan fingerprint density at radius 2 is 1.76 bits per heavy atom. The van der Waals surface area contributed by atoms with Gasteiger partial charge in [0.05, 0.1) is 0 Å². The van der Waals surface area contributed by atoms with Crippen molar-refractivity contribution < 1.29 is 9.59 Å². The monoisotopic (exact) mass is 486 g/mol. The van der Waals surface area contributed by atoms with Crippen LogP contribution in [0.2, 0.25) is 5.02 Å². The van der Waals surface area contributed by atoms with Gasteiger partial charge in [-0.2, -0.15) is 0 Å². The number of benzene rings is 2. The second kappa shape index (κ2) is 13.0. The summed E-state index contributed by atoms with van der Waals surface area (Å²) in [4.78, 5) is 29.4. The molecule has 0 heterocycles. The van der Waals surface area contributed by atoms with Gasteiger partial charge in [-0.25, -0.2) is 0 Å². The van der Waals surface area contributed by atoms with Gasteiger partial charge in [0, 0.05) is 28.9 Å². The molecule has 1 fully saturated rings. The number of hydrogen-bond acceptors (Lipinski definition) is 3. The minimum absolute atomic E-state index is 0.0135. The van der Waals surface area contributed by atoms with E-state index in [4.69, 9.17) is 11.6 Å². The van der Waals surface area contributed by atoms with Crippen LogP contribution in [0.4, 0.5) is 0 Å². The third-order valence-corrected chi connectivity index (χ3v) is 7.53. The number of carbonyl (C=O) groups is 2. The lowest BCUT2D eigenvalue weighted by molar-refractivity contribution is -0.141. The summed E-state index contributed by atoms with van der Waals surface area (Å²) in [6.07, 6.45) is 6.20. The molecule has 0 aromatic heterocycles. The zero-order valence-corrected chi connectivity index (χ0v) is 21.3. The van der Waals surface area contributed by atoms with E-state index in [-0.39, 0.29) is 17.9 Å². The molecule has 0 aliphatic heterocycles. The highest BCUT2D eigenvalue weighted by Crippen LogP contribution is 2.23. The molecule has 0 unspecified atom stereocenters. The normalized spacial score (nSPS) is 14.8. The topological polar surface area (TPSA) is 49.4 Å². The van der Waals surface area contributed by atoms with E-state index in [2.05, 4.69) is 24.4 Å². The zero-order valence-electron chi connectivity index (χ0n) is 19.7. The van der Waals surface area contributed by atoms with Crippen LogP contribution in [0.15, 0.2) is 53.4 Å². The maximum Gasteiger partial charge on any atom is 0.243 e. The molecule has 1 atom stereocenters. The van der Waals surface area contributed by atoms with Crippen molar-refractivity contribution >= 4 is 35.2 Å². The fraction of sp³-hybridized carbons (Fsp3) is 0.481. The van der Waals surface area contributed by atoms with Crippen molar-refractivity contribution in [2.75, 3.05) is 5.75 Å². The van der Waals surface area contributed by atoms with E-state index < -0.39 is 6.04 Å². The van der Waals surface area contributed by atoms with Crippen LogP contribution in [0.1, 0.15) is 63.0 Å². The Hall–Kier alpha value is -1.98. The first-order valence-electron chi connectivity index (χ1n) is 12.0. The first-order chi connectivity index (χ1) is 16.0. The van der Waals surface area contributed by atoms with Crippen molar-refractivity contribution in [3.8, 4) is 0 Å². The summed E-state index contributed by atoms with van der Waals surface area (Å²) >= 11 is 7.68. The van der Waals surface area contributed by atoms with E-state index in [1.807, 2.05) is 43.3 Å². The lowest BCUT2D eigenvalue weighted by Gasteiger charge is -2.31. The number of halogens is 1. The van der Waals surface area contributed by atoms with Crippen LogP contribution >= 0.6 is 23.4 Å². The van der Waals surface area contributed by atoms with Gasteiger partial charge in [-0.3, -0.25) is 9.59 Å². The van der Waals surface area contributed by atoms with Gasteiger partial charge < -0.3 is 10.2 Å². The average molecular weight is 487 g/mol. The molecule has 178 valence electrons. The summed E-state index contributed by atoms with van der Waals surface area (Å²) < 4.78 is 0. The Balaban J connectivity index is 1.63. The van der Waals surface area contributed by atoms with Crippen molar-refractivity contribution in [3.63, 3.8) is 0 Å². The fourth-order valence-electron chi connectivity index (χ4n) is 4.27. The maximum atomic E-state index is 13.3. The van der Waals surface area contributed by atoms with Gasteiger partial charge in [0.15, 0.2) is 0 Å². The Labute approximate surface area is 207 Å². The highest BCUT2D eigenvalue weighted by Gasteiger charge is 2.30. The van der Waals surface area contributed by atoms with Crippen LogP contribution in [0.3, 0.4) is 0 Å². The molecule has 2 amide bonds. The van der Waals surface area contributed by atoms with E-state index >= 15 is 0 Å². The maximum absolute atomic E-state index is 13.3. The summed E-state index contributed by atoms with van der Waals surface area (Å²) in [5.41, 5.74) is 2.23. The van der Waals surface area contributed by atoms with Crippen molar-refractivity contribution in [2.24, 2.45) is 0 Å². The third kappa shape index (κ3) is 8.08. The van der Waals surface area contributed by atoms with Crippen LogP contribution in [0.25, 0.3) is 0 Å². The molecule has 0 bridgehead atoms. The molecule has 0 saturated heterocycles. The largest absolute Gasteiger partial charge is 0.352 e. The summed E-state index contributed by atoms with van der Waals surface area (Å²) in [5.74, 6) is 0.873. The van der Waals surface area contributed by atoms with Gasteiger partial charge in [0.25, 0.3) is 0 Å². The summed E-state index contributed by atoms with van der Waals surface area (Å²) in [7, 11) is 0. The Bertz CT molecular complexity index is 895. The number of rotatable bonds is 11. The van der Waals surface area contributed by atoms with Crippen molar-refractivity contribution in [3.05, 3.63) is 64.7 Å². The number of aryl methyl sites for hydroxylation is 1. The molecule has 1 aliphatic carbocycles. The van der Waals surface area contributed by atoms with Gasteiger partial charge in [0.1, 0.15) is 6.04 Å². The molecular weight excluding hydrogens is 452 g/mol. The van der Waals surface area contributed by atoms with Crippen LogP contribution in [-0.2, 0) is 16.1 Å². The number of amides is 2. The van der Waals surface area contributed by atoms with E-state index in [1.54, 1.807) is 16.7 Å². The van der Waals surface area contributed by atoms with E-state index in [1.165, 1.54) is 18.4 Å². The highest BCUT2D eigenvalue weighted by atomic mass is 35.5. The lowest BCUT2D eigenvalue weighted by Crippen LogP contribution is -2.50. The Kier molecular flexibility index (Phi) is 10.1. The van der Waals surface area contributed by atoms with Gasteiger partial charge in [0.2, 0.25) is 11.8 Å². The van der Waals surface area contributed by atoms with Crippen LogP contribution in [0, 0.1) is 6.92 Å². The number of nitrogens with one attached hydrogen (secondary N) is 1. The van der Waals surface area contributed by atoms with Crippen molar-refractivity contribution in [1.29, 1.82) is 0 Å². The molecule has 2 aromatic rings. The van der Waals surface area contributed by atoms with Gasteiger partial charge in [-0.15, -0.1) is 11.8 Å². The molecular formula is C27H35ClN2O2S. The Morgan fingerprint density at radius 3 is 2.39 bits per heavy atom. The zero-order chi connectivity index (χ0) is 23.6. The fourth-order valence-corrected chi connectivity index (χ4v) is 5.24. The first kappa shape index (κ1) is 25.6. The molecule has 3 rings (SSSR count). The number of thioether (sulfide) groups is 1. The first-order valence-corrected chi connectivity index (χ1v) is 13.4. The average Bonchev–Trinajstić information content (AvgIpc) is 3.32. The Morgan fingerprint density at radius 1 is 1.09 bits per heavy atom. The van der Waals surface area contributed by atoms with Crippen LogP contribution < -0.4 is 5.32 Å². The van der Waals surface area contributed by atoms with E-state index in [0.717, 1.165) is 40.5 Å². The minimum Gasteiger partial charge on any atom is -0.352 e. The van der Waals surface area contributed by atoms with E-state index in [0.29, 0.717) is 19.4 Å². The second-order valence-corrected chi connectivity index (χ2v) is 10.4. The molecule has 33 heavy (non-hydrogen) atoms. The van der Waals surface area contributed by atoms with Crippen LogP contribution in [0.5, 0.6) is 0 Å². The second-order valence-electron chi connectivity index (χ2n) is 8.83. The van der Waals surface area contributed by atoms with Gasteiger partial charge in [-0.1, -0.05) is 61.2 Å². The number of hydrogen-bond donors (Lipinski definition) is 1. The predicted molar refractivity (Wildman–Crippen MR) is 138 cm³/mol. The van der Waals surface area contributed by atoms with Gasteiger partial charge in [-0.05, 0) is 68.2 Å². The summed E-state index contributed by atoms with van der Waals surface area (Å²) in [5, 5.41) is 3.93. The SMILES string of the molecule is CC[C@@H](C(=O)NC1CCCC1)N(Cc1ccc(C)cc1)C(=O)CCCSc1ccc(Cl)cc1. The smallest absolute Gasteiger partial charge is 0.243 e. The lowest BCUT2D eigenvalue weighted by atomic mass is 10.1. The number of nitrogens with zero attached hydrogens (tertiary/aromatic N) is 1. The van der Waals surface area contributed by atoms with Crippen molar-refractivity contribution in [1.82, 2.24) is 10.2 Å². The molecule has 1 N–H and O–H groups in total. The molecule has 2 aromatic carbocycles. The molecule has 1 aliphatic rings. The van der Waals surface area contributed by atoms with Gasteiger partial charge >= 0.3 is 0 Å². The quantitative estimate of drug-likeness (QED) is 0.296. The molecule has 1 saturated carbocycles. The van der Waals surface area contributed by atoms with Crippen LogP contribution in [-0.4, -0.2) is 34.6 Å². The molecule has 0 radical (unpaired) electrons. The molecule has 6 heteroatoms. The highest BCUT2D eigenvalue weighted by molar-refractivity contribution is 7.99. The summed E-state index contributed by atoms with van der Waals surface area (Å²) in [6, 6.07) is 15.8. The predicted octanol–water partition coefficient (Wildman–Crippen LogP) is 6.39. The number of carbonyl (C=O) groups excluding carboxylic acids is 2. The van der Waals surface area contributed by atoms with Crippen molar-refractivity contribution in [2.45, 2.75) is 82.3 Å². The molecule has 4 nitrogen and oxygen atoms in total. The molecule has 0 spiro atoms. The van der Waals surface area contributed by atoms with E-state index in [9.17, 15) is 9.59 Å². The third-order valence-electron chi connectivity index (χ3n) is 6.18. The standard InChI is InChI=1S/C27H35ClN2O2S/c1-3-25(27(32)29-23-7-4-5-8-23)30(19-21-12-10-20(2)11-13-21)26(31)9-6-18-33-24-16-14-22(28)15-17-24/h10-17,23,25H,3-9,18-19H2,1-2H3,(H,29,32)/t25-/m0/s1. The summed E-state index contributed by atoms with van der Waals surface area (Å²) in [6.45, 7) is 4.50.